The van der Waals surface area contributed by atoms with Crippen molar-refractivity contribution in [3.63, 3.8) is 0 Å². The van der Waals surface area contributed by atoms with E-state index >= 15 is 0 Å². The van der Waals surface area contributed by atoms with Gasteiger partial charge in [0.2, 0.25) is 5.91 Å². The fraction of sp³-hybridized carbons (Fsp3) is 0.571. The lowest BCUT2D eigenvalue weighted by molar-refractivity contribution is -0.145. The fourth-order valence-electron chi connectivity index (χ4n) is 3.73. The quantitative estimate of drug-likeness (QED) is 0.757. The van der Waals surface area contributed by atoms with E-state index in [1.54, 1.807) is 11.1 Å². The van der Waals surface area contributed by atoms with Crippen LogP contribution in [-0.2, 0) is 11.3 Å². The van der Waals surface area contributed by atoms with Crippen LogP contribution in [0.4, 0.5) is 0 Å². The van der Waals surface area contributed by atoms with Gasteiger partial charge < -0.3 is 10.2 Å². The second kappa shape index (κ2) is 5.69. The van der Waals surface area contributed by atoms with Gasteiger partial charge in [0.15, 0.2) is 6.33 Å². The van der Waals surface area contributed by atoms with Gasteiger partial charge in [-0.05, 0) is 18.1 Å². The van der Waals surface area contributed by atoms with Gasteiger partial charge in [-0.15, -0.1) is 10.2 Å². The molecule has 0 radical (unpaired) electrons. The van der Waals surface area contributed by atoms with Crippen molar-refractivity contribution < 1.29 is 9.59 Å². The van der Waals surface area contributed by atoms with E-state index in [2.05, 4.69) is 30.9 Å². The van der Waals surface area contributed by atoms with Crippen LogP contribution in [0.25, 0.3) is 0 Å². The number of hydrogen-bond donors (Lipinski definition) is 2. The Hall–Kier alpha value is -2.78. The lowest BCUT2D eigenvalue weighted by atomic mass is 9.75. The predicted octanol–water partition coefficient (Wildman–Crippen LogP) is -0.793. The van der Waals surface area contributed by atoms with Gasteiger partial charge in [-0.2, -0.15) is 9.90 Å². The minimum atomic E-state index is -0.119. The number of hydrogen-bond acceptors (Lipinski definition) is 6. The van der Waals surface area contributed by atoms with Gasteiger partial charge in [-0.1, -0.05) is 6.42 Å². The summed E-state index contributed by atoms with van der Waals surface area (Å²) in [5.74, 6) is -0.142. The molecule has 2 aromatic rings. The van der Waals surface area contributed by atoms with Gasteiger partial charge in [0.05, 0.1) is 11.8 Å². The Morgan fingerprint density at radius 3 is 3.00 bits per heavy atom. The van der Waals surface area contributed by atoms with Crippen molar-refractivity contribution in [3.05, 3.63) is 24.3 Å². The standard InChI is InChI=1S/C14H18N8O2/c23-12(6-22-18-9-17-20-22)21-7-14(8-21)3-1-2-11(14)19-13(24)10-4-15-16-5-10/h4-5,9,11H,1-3,6-8H2,(H,15,16)(H,19,24). The summed E-state index contributed by atoms with van der Waals surface area (Å²) in [6.45, 7) is 1.43. The van der Waals surface area contributed by atoms with Crippen molar-refractivity contribution >= 4 is 11.8 Å². The van der Waals surface area contributed by atoms with Crippen molar-refractivity contribution in [3.8, 4) is 0 Å². The van der Waals surface area contributed by atoms with E-state index in [-0.39, 0.29) is 29.8 Å². The molecule has 4 rings (SSSR count). The number of carbonyl (C=O) groups excluding carboxylic acids is 2. The number of aromatic amines is 1. The lowest BCUT2D eigenvalue weighted by Gasteiger charge is -2.51. The molecule has 10 heteroatoms. The SMILES string of the molecule is O=C(NC1CCCC12CN(C(=O)Cn1ncnn1)C2)c1cn[nH]c1. The highest BCUT2D eigenvalue weighted by atomic mass is 16.2. The molecular weight excluding hydrogens is 312 g/mol. The molecule has 10 nitrogen and oxygen atoms in total. The topological polar surface area (TPSA) is 122 Å². The smallest absolute Gasteiger partial charge is 0.254 e. The summed E-state index contributed by atoms with van der Waals surface area (Å²) in [5, 5.41) is 20.7. The Labute approximate surface area is 137 Å². The van der Waals surface area contributed by atoms with Crippen molar-refractivity contribution in [1.82, 2.24) is 40.6 Å². The molecule has 0 aromatic carbocycles. The van der Waals surface area contributed by atoms with Gasteiger partial charge in [-0.3, -0.25) is 14.7 Å². The molecule has 24 heavy (non-hydrogen) atoms. The molecule has 126 valence electrons. The van der Waals surface area contributed by atoms with E-state index in [0.29, 0.717) is 18.7 Å². The molecule has 2 amide bonds. The van der Waals surface area contributed by atoms with E-state index < -0.39 is 0 Å². The fourth-order valence-corrected chi connectivity index (χ4v) is 3.73. The molecular formula is C14H18N8O2. The van der Waals surface area contributed by atoms with Crippen molar-refractivity contribution in [1.29, 1.82) is 0 Å². The number of aromatic nitrogens is 6. The van der Waals surface area contributed by atoms with Crippen LogP contribution >= 0.6 is 0 Å². The number of rotatable bonds is 4. The highest BCUT2D eigenvalue weighted by Gasteiger charge is 2.53. The maximum absolute atomic E-state index is 12.2. The third-order valence-electron chi connectivity index (χ3n) is 5.00. The van der Waals surface area contributed by atoms with Gasteiger partial charge in [0, 0.05) is 30.7 Å². The van der Waals surface area contributed by atoms with Crippen LogP contribution in [0.1, 0.15) is 29.6 Å². The van der Waals surface area contributed by atoms with Crippen LogP contribution in [0.15, 0.2) is 18.7 Å². The minimum absolute atomic E-state index is 0.00908. The van der Waals surface area contributed by atoms with E-state index in [1.165, 1.54) is 17.3 Å². The molecule has 2 aromatic heterocycles. The Kier molecular flexibility index (Phi) is 3.51. The van der Waals surface area contributed by atoms with Crippen LogP contribution in [0.2, 0.25) is 0 Å². The monoisotopic (exact) mass is 330 g/mol. The molecule has 0 bridgehead atoms. The maximum atomic E-state index is 12.2. The number of carbonyl (C=O) groups is 2. The van der Waals surface area contributed by atoms with Crippen molar-refractivity contribution in [2.75, 3.05) is 13.1 Å². The van der Waals surface area contributed by atoms with Crippen LogP contribution < -0.4 is 5.32 Å². The highest BCUT2D eigenvalue weighted by Crippen LogP contribution is 2.45. The molecule has 2 fully saturated rings. The zero-order chi connectivity index (χ0) is 16.6. The number of nitrogens with one attached hydrogen (secondary N) is 2. The molecule has 1 spiro atoms. The third kappa shape index (κ3) is 2.53. The lowest BCUT2D eigenvalue weighted by Crippen LogP contribution is -2.65. The van der Waals surface area contributed by atoms with Crippen LogP contribution in [0, 0.1) is 5.41 Å². The highest BCUT2D eigenvalue weighted by molar-refractivity contribution is 5.94. The van der Waals surface area contributed by atoms with Gasteiger partial charge in [0.1, 0.15) is 6.54 Å². The zero-order valence-corrected chi connectivity index (χ0v) is 13.1. The molecule has 1 saturated carbocycles. The summed E-state index contributed by atoms with van der Waals surface area (Å²) >= 11 is 0. The number of likely N-dealkylation sites (tertiary alicyclic amines) is 1. The maximum Gasteiger partial charge on any atom is 0.254 e. The van der Waals surface area contributed by atoms with E-state index in [4.69, 9.17) is 0 Å². The second-order valence-electron chi connectivity index (χ2n) is 6.48. The number of amides is 2. The molecule has 1 unspecified atom stereocenters. The summed E-state index contributed by atoms with van der Waals surface area (Å²) in [6, 6.07) is 0.0912. The summed E-state index contributed by atoms with van der Waals surface area (Å²) in [5.41, 5.74) is 0.520. The molecule has 2 N–H and O–H groups in total. The molecule has 2 aliphatic rings. The molecule has 1 saturated heterocycles. The average molecular weight is 330 g/mol. The van der Waals surface area contributed by atoms with Crippen LogP contribution in [-0.4, -0.2) is 66.3 Å². The number of nitrogens with zero attached hydrogens (tertiary/aromatic N) is 6. The Morgan fingerprint density at radius 2 is 2.29 bits per heavy atom. The van der Waals surface area contributed by atoms with E-state index in [9.17, 15) is 9.59 Å². The number of tetrazole rings is 1. The van der Waals surface area contributed by atoms with E-state index in [1.807, 2.05) is 0 Å². The molecule has 1 aliphatic carbocycles. The van der Waals surface area contributed by atoms with Crippen LogP contribution in [0.5, 0.6) is 0 Å². The van der Waals surface area contributed by atoms with Crippen LogP contribution in [0.3, 0.4) is 0 Å². The van der Waals surface area contributed by atoms with Gasteiger partial charge >= 0.3 is 0 Å². The first-order chi connectivity index (χ1) is 11.7. The molecule has 1 atom stereocenters. The van der Waals surface area contributed by atoms with Crippen molar-refractivity contribution in [2.24, 2.45) is 5.41 Å². The van der Waals surface area contributed by atoms with Gasteiger partial charge in [-0.25, -0.2) is 0 Å². The third-order valence-corrected chi connectivity index (χ3v) is 5.00. The molecule has 1 aliphatic heterocycles. The Bertz CT molecular complexity index is 720. The predicted molar refractivity (Wildman–Crippen MR) is 80.5 cm³/mol. The van der Waals surface area contributed by atoms with Crippen molar-refractivity contribution in [2.45, 2.75) is 31.8 Å². The zero-order valence-electron chi connectivity index (χ0n) is 13.1. The summed E-state index contributed by atoms with van der Waals surface area (Å²) < 4.78 is 0. The first kappa shape index (κ1) is 14.8. The second-order valence-corrected chi connectivity index (χ2v) is 6.48. The summed E-state index contributed by atoms with van der Waals surface area (Å²) in [4.78, 5) is 27.6. The Balaban J connectivity index is 1.36. The number of H-pyrrole nitrogens is 1. The summed E-state index contributed by atoms with van der Waals surface area (Å²) in [7, 11) is 0. The Morgan fingerprint density at radius 1 is 1.42 bits per heavy atom. The largest absolute Gasteiger partial charge is 0.349 e. The average Bonchev–Trinajstić information content (AvgIpc) is 3.27. The minimum Gasteiger partial charge on any atom is -0.349 e. The normalized spacial score (nSPS) is 21.7. The van der Waals surface area contributed by atoms with E-state index in [0.717, 1.165) is 19.3 Å². The molecule has 3 heterocycles. The first-order valence-electron chi connectivity index (χ1n) is 7.94. The van der Waals surface area contributed by atoms with Gasteiger partial charge in [0.25, 0.3) is 5.91 Å². The first-order valence-corrected chi connectivity index (χ1v) is 7.94. The summed E-state index contributed by atoms with van der Waals surface area (Å²) in [6.07, 6.45) is 7.43.